The molecule has 2 rings (SSSR count). The standard InChI is InChI=1S/C14H18ClN3O/c1-10(15)14-17-11-6-2-3-7-12(11)18(14)9-5-4-8-13(16)19/h2-3,6-7,10H,4-5,8-9H2,1H3,(H2,16,19). The molecule has 0 bridgehead atoms. The molecule has 1 unspecified atom stereocenters. The second-order valence-corrected chi connectivity index (χ2v) is 5.30. The molecule has 102 valence electrons. The van der Waals surface area contributed by atoms with E-state index < -0.39 is 0 Å². The number of amides is 1. The average molecular weight is 280 g/mol. The second-order valence-electron chi connectivity index (χ2n) is 4.65. The zero-order chi connectivity index (χ0) is 13.8. The van der Waals surface area contributed by atoms with Gasteiger partial charge < -0.3 is 10.3 Å². The van der Waals surface area contributed by atoms with Crippen LogP contribution in [0.1, 0.15) is 37.4 Å². The monoisotopic (exact) mass is 279 g/mol. The molecule has 0 aliphatic carbocycles. The number of nitrogens with two attached hydrogens (primary N) is 1. The molecule has 0 aliphatic heterocycles. The average Bonchev–Trinajstić information content (AvgIpc) is 2.73. The molecule has 2 N–H and O–H groups in total. The molecule has 0 radical (unpaired) electrons. The van der Waals surface area contributed by atoms with Gasteiger partial charge in [0.05, 0.1) is 16.4 Å². The van der Waals surface area contributed by atoms with E-state index in [0.29, 0.717) is 6.42 Å². The summed E-state index contributed by atoms with van der Waals surface area (Å²) in [5.41, 5.74) is 7.19. The van der Waals surface area contributed by atoms with Gasteiger partial charge in [-0.3, -0.25) is 4.79 Å². The summed E-state index contributed by atoms with van der Waals surface area (Å²) in [4.78, 5) is 15.3. The Morgan fingerprint density at radius 2 is 2.16 bits per heavy atom. The van der Waals surface area contributed by atoms with Crippen molar-refractivity contribution in [2.24, 2.45) is 5.73 Å². The van der Waals surface area contributed by atoms with Crippen LogP contribution in [0.25, 0.3) is 11.0 Å². The molecule has 1 amide bonds. The fourth-order valence-electron chi connectivity index (χ4n) is 2.20. The van der Waals surface area contributed by atoms with E-state index in [1.54, 1.807) is 0 Å². The van der Waals surface area contributed by atoms with Crippen LogP contribution in [-0.4, -0.2) is 15.5 Å². The maximum atomic E-state index is 10.7. The minimum Gasteiger partial charge on any atom is -0.370 e. The van der Waals surface area contributed by atoms with Gasteiger partial charge in [0.1, 0.15) is 5.82 Å². The van der Waals surface area contributed by atoms with Gasteiger partial charge in [0.2, 0.25) is 5.91 Å². The van der Waals surface area contributed by atoms with Crippen LogP contribution in [0.4, 0.5) is 0 Å². The van der Waals surface area contributed by atoms with E-state index in [1.807, 2.05) is 31.2 Å². The molecule has 4 nitrogen and oxygen atoms in total. The van der Waals surface area contributed by atoms with E-state index in [4.69, 9.17) is 17.3 Å². The minimum atomic E-state index is -0.249. The van der Waals surface area contributed by atoms with Crippen molar-refractivity contribution in [3.63, 3.8) is 0 Å². The van der Waals surface area contributed by atoms with Crippen molar-refractivity contribution in [1.82, 2.24) is 9.55 Å². The van der Waals surface area contributed by atoms with Crippen LogP contribution < -0.4 is 5.73 Å². The van der Waals surface area contributed by atoms with Gasteiger partial charge in [-0.2, -0.15) is 0 Å². The smallest absolute Gasteiger partial charge is 0.217 e. The quantitative estimate of drug-likeness (QED) is 0.653. The fourth-order valence-corrected chi connectivity index (χ4v) is 2.37. The maximum absolute atomic E-state index is 10.7. The summed E-state index contributed by atoms with van der Waals surface area (Å²) in [6.45, 7) is 2.73. The number of fused-ring (bicyclic) bond motifs is 1. The highest BCUT2D eigenvalue weighted by atomic mass is 35.5. The minimum absolute atomic E-state index is 0.136. The van der Waals surface area contributed by atoms with Crippen molar-refractivity contribution in [1.29, 1.82) is 0 Å². The van der Waals surface area contributed by atoms with Crippen molar-refractivity contribution >= 4 is 28.5 Å². The lowest BCUT2D eigenvalue weighted by atomic mass is 10.2. The number of alkyl halides is 1. The fraction of sp³-hybridized carbons (Fsp3) is 0.429. The molecule has 2 aromatic rings. The summed E-state index contributed by atoms with van der Waals surface area (Å²) < 4.78 is 2.13. The second kappa shape index (κ2) is 6.06. The number of hydrogen-bond donors (Lipinski definition) is 1. The third-order valence-electron chi connectivity index (χ3n) is 3.09. The van der Waals surface area contributed by atoms with Crippen LogP contribution in [0.15, 0.2) is 24.3 Å². The van der Waals surface area contributed by atoms with E-state index in [0.717, 1.165) is 36.2 Å². The normalized spacial score (nSPS) is 12.7. The maximum Gasteiger partial charge on any atom is 0.217 e. The number of hydrogen-bond acceptors (Lipinski definition) is 2. The first kappa shape index (κ1) is 13.9. The Labute approximate surface area is 117 Å². The Balaban J connectivity index is 2.19. The first-order valence-corrected chi connectivity index (χ1v) is 6.91. The molecule has 19 heavy (non-hydrogen) atoms. The van der Waals surface area contributed by atoms with Crippen LogP contribution in [0.2, 0.25) is 0 Å². The zero-order valence-corrected chi connectivity index (χ0v) is 11.7. The summed E-state index contributed by atoms with van der Waals surface area (Å²) in [6, 6.07) is 7.99. The summed E-state index contributed by atoms with van der Waals surface area (Å²) >= 11 is 6.19. The molecule has 0 fully saturated rings. The lowest BCUT2D eigenvalue weighted by Crippen LogP contribution is -2.11. The zero-order valence-electron chi connectivity index (χ0n) is 11.0. The third kappa shape index (κ3) is 3.26. The molecule has 0 saturated carbocycles. The van der Waals surface area contributed by atoms with Crippen LogP contribution in [0, 0.1) is 0 Å². The largest absolute Gasteiger partial charge is 0.370 e. The predicted octanol–water partition coefficient (Wildman–Crippen LogP) is 2.99. The van der Waals surface area contributed by atoms with Gasteiger partial charge in [-0.15, -0.1) is 11.6 Å². The molecule has 0 saturated heterocycles. The van der Waals surface area contributed by atoms with E-state index in [9.17, 15) is 4.79 Å². The highest BCUT2D eigenvalue weighted by Crippen LogP contribution is 2.24. The number of carbonyl (C=O) groups excluding carboxylic acids is 1. The number of aryl methyl sites for hydroxylation is 1. The van der Waals surface area contributed by atoms with Crippen LogP contribution in [-0.2, 0) is 11.3 Å². The first-order valence-electron chi connectivity index (χ1n) is 6.47. The summed E-state index contributed by atoms with van der Waals surface area (Å²) in [7, 11) is 0. The molecule has 0 aliphatic rings. The number of carbonyl (C=O) groups is 1. The summed E-state index contributed by atoms with van der Waals surface area (Å²) in [5, 5.41) is -0.136. The van der Waals surface area contributed by atoms with Crippen molar-refractivity contribution in [3.05, 3.63) is 30.1 Å². The van der Waals surface area contributed by atoms with Crippen LogP contribution in [0.5, 0.6) is 0 Å². The van der Waals surface area contributed by atoms with Gasteiger partial charge in [0, 0.05) is 13.0 Å². The van der Waals surface area contributed by atoms with Gasteiger partial charge in [-0.05, 0) is 31.9 Å². The first-order chi connectivity index (χ1) is 9.09. The predicted molar refractivity (Wildman–Crippen MR) is 77.0 cm³/mol. The number of benzene rings is 1. The van der Waals surface area contributed by atoms with Gasteiger partial charge in [-0.1, -0.05) is 12.1 Å². The van der Waals surface area contributed by atoms with Crippen LogP contribution in [0.3, 0.4) is 0 Å². The van der Waals surface area contributed by atoms with E-state index in [1.165, 1.54) is 0 Å². The number of primary amides is 1. The molecular formula is C14H18ClN3O. The van der Waals surface area contributed by atoms with E-state index >= 15 is 0 Å². The molecule has 1 heterocycles. The lowest BCUT2D eigenvalue weighted by molar-refractivity contribution is -0.118. The molecule has 1 aromatic carbocycles. The molecule has 5 heteroatoms. The molecule has 1 aromatic heterocycles. The number of imidazole rings is 1. The van der Waals surface area contributed by atoms with Gasteiger partial charge in [0.15, 0.2) is 0 Å². The third-order valence-corrected chi connectivity index (χ3v) is 3.29. The Hall–Kier alpha value is -1.55. The van der Waals surface area contributed by atoms with Crippen LogP contribution >= 0.6 is 11.6 Å². The molecule has 0 spiro atoms. The van der Waals surface area contributed by atoms with E-state index in [2.05, 4.69) is 9.55 Å². The van der Waals surface area contributed by atoms with Gasteiger partial charge >= 0.3 is 0 Å². The van der Waals surface area contributed by atoms with Crippen molar-refractivity contribution in [2.75, 3.05) is 0 Å². The Bertz CT molecular complexity index is 577. The van der Waals surface area contributed by atoms with Crippen molar-refractivity contribution < 1.29 is 4.79 Å². The van der Waals surface area contributed by atoms with Gasteiger partial charge in [-0.25, -0.2) is 4.98 Å². The topological polar surface area (TPSA) is 60.9 Å². The highest BCUT2D eigenvalue weighted by Gasteiger charge is 2.14. The summed E-state index contributed by atoms with van der Waals surface area (Å²) in [6.07, 6.45) is 2.11. The number of unbranched alkanes of at least 4 members (excludes halogenated alkanes) is 1. The number of rotatable bonds is 6. The SMILES string of the molecule is CC(Cl)c1nc2ccccc2n1CCCCC(N)=O. The molecule has 1 atom stereocenters. The van der Waals surface area contributed by atoms with Crippen molar-refractivity contribution in [3.8, 4) is 0 Å². The number of para-hydroxylation sites is 2. The molecular weight excluding hydrogens is 262 g/mol. The Kier molecular flexibility index (Phi) is 4.43. The highest BCUT2D eigenvalue weighted by molar-refractivity contribution is 6.20. The Morgan fingerprint density at radius 3 is 2.84 bits per heavy atom. The number of halogens is 1. The van der Waals surface area contributed by atoms with Crippen molar-refractivity contribution in [2.45, 2.75) is 38.1 Å². The Morgan fingerprint density at radius 1 is 1.42 bits per heavy atom. The van der Waals surface area contributed by atoms with Gasteiger partial charge in [0.25, 0.3) is 0 Å². The van der Waals surface area contributed by atoms with E-state index in [-0.39, 0.29) is 11.3 Å². The number of nitrogens with zero attached hydrogens (tertiary/aromatic N) is 2. The summed E-state index contributed by atoms with van der Waals surface area (Å²) in [5.74, 6) is 0.628. The number of aromatic nitrogens is 2. The lowest BCUT2D eigenvalue weighted by Gasteiger charge is -2.10.